The van der Waals surface area contributed by atoms with Gasteiger partial charge in [0.05, 0.1) is 5.57 Å². The highest BCUT2D eigenvalue weighted by Gasteiger charge is 2.35. The van der Waals surface area contributed by atoms with Crippen molar-refractivity contribution in [1.29, 1.82) is 0 Å². The van der Waals surface area contributed by atoms with Crippen molar-refractivity contribution in [3.8, 4) is 0 Å². The number of esters is 1. The fourth-order valence-corrected chi connectivity index (χ4v) is 1.51. The third-order valence-corrected chi connectivity index (χ3v) is 2.34. The van der Waals surface area contributed by atoms with Crippen LogP contribution < -0.4 is 0 Å². The van der Waals surface area contributed by atoms with Crippen LogP contribution in [-0.2, 0) is 9.53 Å². The Bertz CT molecular complexity index is 505. The Morgan fingerprint density at radius 2 is 1.60 bits per heavy atom. The Kier molecular flexibility index (Phi) is 4.63. The van der Waals surface area contributed by atoms with E-state index in [1.807, 2.05) is 0 Å². The molecule has 0 unspecified atom stereocenters. The molecule has 0 radical (unpaired) electrons. The first-order chi connectivity index (χ1) is 8.99. The third kappa shape index (κ3) is 5.07. The number of rotatable bonds is 2. The fraction of sp³-hybridized carbons (Fsp3) is 0.400. The lowest BCUT2D eigenvalue weighted by molar-refractivity contribution is -0.148. The number of carbonyl (C=O) groups excluding carboxylic acids is 1. The highest BCUT2D eigenvalue weighted by Crippen LogP contribution is 2.34. The summed E-state index contributed by atoms with van der Waals surface area (Å²) in [5.74, 6) is -1.01. The summed E-state index contributed by atoms with van der Waals surface area (Å²) in [4.78, 5) is 11.6. The van der Waals surface area contributed by atoms with Crippen molar-refractivity contribution in [2.45, 2.75) is 39.5 Å². The lowest BCUT2D eigenvalue weighted by Crippen LogP contribution is -2.23. The van der Waals surface area contributed by atoms with Gasteiger partial charge in [-0.3, -0.25) is 0 Å². The molecule has 0 bridgehead atoms. The Morgan fingerprint density at radius 3 is 2.00 bits per heavy atom. The highest BCUT2D eigenvalue weighted by atomic mass is 19.4. The molecule has 2 nitrogen and oxygen atoms in total. The van der Waals surface area contributed by atoms with Crippen LogP contribution in [0.2, 0.25) is 0 Å². The second kappa shape index (κ2) is 5.69. The van der Waals surface area contributed by atoms with Gasteiger partial charge < -0.3 is 4.74 Å². The molecule has 1 aromatic rings. The number of carbonyl (C=O) groups is 1. The monoisotopic (exact) mass is 286 g/mol. The summed E-state index contributed by atoms with van der Waals surface area (Å²) in [7, 11) is 0. The maximum absolute atomic E-state index is 13.0. The number of benzene rings is 1. The second-order valence-corrected chi connectivity index (χ2v) is 5.46. The maximum Gasteiger partial charge on any atom is 0.417 e. The summed E-state index contributed by atoms with van der Waals surface area (Å²) in [6.45, 7) is 6.56. The molecule has 0 spiro atoms. The molecule has 0 saturated carbocycles. The molecule has 0 saturated heterocycles. The number of hydrogen-bond donors (Lipinski definition) is 0. The van der Waals surface area contributed by atoms with E-state index in [-0.39, 0.29) is 5.56 Å². The predicted octanol–water partition coefficient (Wildman–Crippen LogP) is 4.28. The number of aryl methyl sites for hydroxylation is 1. The molecule has 1 aromatic carbocycles. The number of allylic oxidation sites excluding steroid dienone is 1. The molecule has 0 N–H and O–H groups in total. The average Bonchev–Trinajstić information content (AvgIpc) is 2.23. The first-order valence-corrected chi connectivity index (χ1v) is 6.08. The smallest absolute Gasteiger partial charge is 0.417 e. The van der Waals surface area contributed by atoms with Gasteiger partial charge in [-0.05, 0) is 33.3 Å². The lowest BCUT2D eigenvalue weighted by Gasteiger charge is -2.19. The Labute approximate surface area is 116 Å². The van der Waals surface area contributed by atoms with E-state index in [0.29, 0.717) is 6.08 Å². The molecule has 1 rings (SSSR count). The van der Waals surface area contributed by atoms with Crippen molar-refractivity contribution in [2.75, 3.05) is 0 Å². The second-order valence-electron chi connectivity index (χ2n) is 5.46. The van der Waals surface area contributed by atoms with Gasteiger partial charge in [0, 0.05) is 6.08 Å². The summed E-state index contributed by atoms with van der Waals surface area (Å²) >= 11 is 0. The van der Waals surface area contributed by atoms with Crippen LogP contribution in [0, 0.1) is 6.92 Å². The Balaban J connectivity index is 3.14. The van der Waals surface area contributed by atoms with Crippen LogP contribution in [0.5, 0.6) is 0 Å². The minimum Gasteiger partial charge on any atom is -0.457 e. The number of alkyl halides is 3. The summed E-state index contributed by atoms with van der Waals surface area (Å²) in [5, 5.41) is 0. The van der Waals surface area contributed by atoms with Crippen LogP contribution in [0.15, 0.2) is 30.3 Å². The molecule has 0 aliphatic carbocycles. The van der Waals surface area contributed by atoms with Crippen LogP contribution in [0.25, 0.3) is 5.57 Å². The van der Waals surface area contributed by atoms with Crippen molar-refractivity contribution < 1.29 is 22.7 Å². The molecular weight excluding hydrogens is 269 g/mol. The molecule has 5 heteroatoms. The van der Waals surface area contributed by atoms with E-state index < -0.39 is 23.3 Å². The zero-order valence-corrected chi connectivity index (χ0v) is 11.8. The van der Waals surface area contributed by atoms with Crippen LogP contribution in [0.3, 0.4) is 0 Å². The van der Waals surface area contributed by atoms with E-state index in [9.17, 15) is 18.0 Å². The Hall–Kier alpha value is -1.78. The zero-order valence-electron chi connectivity index (χ0n) is 11.8. The van der Waals surface area contributed by atoms with Crippen molar-refractivity contribution in [3.63, 3.8) is 0 Å². The molecule has 110 valence electrons. The van der Waals surface area contributed by atoms with Gasteiger partial charge >= 0.3 is 12.1 Å². The fourth-order valence-electron chi connectivity index (χ4n) is 1.51. The maximum atomic E-state index is 13.0. The van der Waals surface area contributed by atoms with Gasteiger partial charge in [0.2, 0.25) is 0 Å². The van der Waals surface area contributed by atoms with Gasteiger partial charge in [-0.15, -0.1) is 0 Å². The first-order valence-electron chi connectivity index (χ1n) is 6.08. The summed E-state index contributed by atoms with van der Waals surface area (Å²) in [6.07, 6.45) is -4.12. The highest BCUT2D eigenvalue weighted by molar-refractivity contribution is 5.92. The van der Waals surface area contributed by atoms with E-state index in [2.05, 4.69) is 0 Å². The van der Waals surface area contributed by atoms with Gasteiger partial charge in [-0.25, -0.2) is 4.79 Å². The van der Waals surface area contributed by atoms with Gasteiger partial charge in [0.25, 0.3) is 0 Å². The Morgan fingerprint density at radius 1 is 1.10 bits per heavy atom. The predicted molar refractivity (Wildman–Crippen MR) is 71.1 cm³/mol. The van der Waals surface area contributed by atoms with Crippen molar-refractivity contribution in [1.82, 2.24) is 0 Å². The molecule has 0 fully saturated rings. The molecule has 0 aromatic heterocycles. The minimum atomic E-state index is -4.62. The topological polar surface area (TPSA) is 26.3 Å². The summed E-state index contributed by atoms with van der Waals surface area (Å²) < 4.78 is 44.0. The van der Waals surface area contributed by atoms with Crippen LogP contribution in [0.1, 0.15) is 31.9 Å². The molecule has 0 aliphatic rings. The average molecular weight is 286 g/mol. The normalized spacial score (nSPS) is 13.2. The summed E-state index contributed by atoms with van der Waals surface area (Å²) in [6, 6.07) is 5.78. The van der Waals surface area contributed by atoms with Crippen LogP contribution in [-0.4, -0.2) is 17.7 Å². The van der Waals surface area contributed by atoms with E-state index in [4.69, 9.17) is 4.74 Å². The quantitative estimate of drug-likeness (QED) is 0.599. The first kappa shape index (κ1) is 16.3. The largest absolute Gasteiger partial charge is 0.457 e. The van der Waals surface area contributed by atoms with Crippen LogP contribution >= 0.6 is 0 Å². The number of halogens is 3. The van der Waals surface area contributed by atoms with E-state index >= 15 is 0 Å². The van der Waals surface area contributed by atoms with E-state index in [1.165, 1.54) is 12.1 Å². The number of ether oxygens (including phenoxy) is 1. The molecular formula is C15H17F3O2. The molecule has 0 atom stereocenters. The van der Waals surface area contributed by atoms with Crippen LogP contribution in [0.4, 0.5) is 13.2 Å². The van der Waals surface area contributed by atoms with Gasteiger partial charge in [0.1, 0.15) is 5.60 Å². The third-order valence-electron chi connectivity index (χ3n) is 2.34. The molecule has 0 aliphatic heterocycles. The van der Waals surface area contributed by atoms with E-state index in [1.54, 1.807) is 39.8 Å². The molecule has 0 heterocycles. The SMILES string of the molecule is Cc1ccc(/C(=C\C(=O)OC(C)(C)C)C(F)(F)F)cc1. The van der Waals surface area contributed by atoms with Gasteiger partial charge in [-0.1, -0.05) is 29.8 Å². The lowest BCUT2D eigenvalue weighted by atomic mass is 10.0. The summed E-state index contributed by atoms with van der Waals surface area (Å²) in [5.41, 5.74) is -1.06. The molecule has 0 amide bonds. The molecule has 20 heavy (non-hydrogen) atoms. The van der Waals surface area contributed by atoms with Gasteiger partial charge in [0.15, 0.2) is 0 Å². The minimum absolute atomic E-state index is 0.0611. The zero-order chi connectivity index (χ0) is 15.6. The van der Waals surface area contributed by atoms with E-state index in [0.717, 1.165) is 5.56 Å². The van der Waals surface area contributed by atoms with Crippen molar-refractivity contribution >= 4 is 11.5 Å². The standard InChI is InChI=1S/C15H17F3O2/c1-10-5-7-11(8-6-10)12(15(16,17)18)9-13(19)20-14(2,3)4/h5-9H,1-4H3/b12-9+. The number of hydrogen-bond acceptors (Lipinski definition) is 2. The van der Waals surface area contributed by atoms with Gasteiger partial charge in [-0.2, -0.15) is 13.2 Å². The van der Waals surface area contributed by atoms with Crippen molar-refractivity contribution in [3.05, 3.63) is 41.5 Å². The van der Waals surface area contributed by atoms with Crippen molar-refractivity contribution in [2.24, 2.45) is 0 Å².